The van der Waals surface area contributed by atoms with Gasteiger partial charge in [0.1, 0.15) is 0 Å². The number of amides is 2. The normalized spacial score (nSPS) is 21.4. The summed E-state index contributed by atoms with van der Waals surface area (Å²) in [5.41, 5.74) is 1.70. The minimum Gasteiger partial charge on any atom is -0.377 e. The maximum absolute atomic E-state index is 12.7. The lowest BCUT2D eigenvalue weighted by molar-refractivity contribution is 0.0712. The molecule has 4 heterocycles. The summed E-state index contributed by atoms with van der Waals surface area (Å²) in [6.07, 6.45) is 2.79. The molecule has 2 aromatic rings. The van der Waals surface area contributed by atoms with E-state index in [1.54, 1.807) is 0 Å². The van der Waals surface area contributed by atoms with E-state index in [0.717, 1.165) is 56.5 Å². The molecule has 1 atom stereocenters. The van der Waals surface area contributed by atoms with Crippen molar-refractivity contribution >= 4 is 35.0 Å². The van der Waals surface area contributed by atoms with Gasteiger partial charge in [-0.05, 0) is 49.6 Å². The molecule has 0 spiro atoms. The predicted octanol–water partition coefficient (Wildman–Crippen LogP) is 3.09. The second kappa shape index (κ2) is 11.0. The van der Waals surface area contributed by atoms with Gasteiger partial charge in [0.05, 0.1) is 16.8 Å². The van der Waals surface area contributed by atoms with Crippen molar-refractivity contribution in [2.45, 2.75) is 25.9 Å². The first-order valence-corrected chi connectivity index (χ1v) is 12.9. The number of urea groups is 1. The largest absolute Gasteiger partial charge is 0.377 e. The molecule has 3 aliphatic rings. The molecule has 3 saturated heterocycles. The molecule has 3 fully saturated rings. The summed E-state index contributed by atoms with van der Waals surface area (Å²) in [5.74, 6) is 1.78. The Morgan fingerprint density at radius 2 is 1.66 bits per heavy atom. The molecule has 1 aromatic heterocycles. The Bertz CT molecular complexity index is 999. The van der Waals surface area contributed by atoms with Gasteiger partial charge < -0.3 is 24.8 Å². The smallest absolute Gasteiger partial charge is 0.322 e. The highest BCUT2D eigenvalue weighted by molar-refractivity contribution is 6.33. The lowest BCUT2D eigenvalue weighted by Gasteiger charge is -2.37. The first-order chi connectivity index (χ1) is 17.0. The zero-order valence-corrected chi connectivity index (χ0v) is 21.1. The highest BCUT2D eigenvalue weighted by Gasteiger charge is 2.25. The fourth-order valence-electron chi connectivity index (χ4n) is 4.95. The zero-order valence-electron chi connectivity index (χ0n) is 20.3. The van der Waals surface area contributed by atoms with Gasteiger partial charge in [-0.15, -0.1) is 10.2 Å². The number of anilines is 3. The standard InChI is InChI=1S/C25H34ClN7O2/c1-19-4-5-22(21(26)17-19)27-25(34)33-14-12-32(13-15-33)24-7-6-23(28-29-24)31-10-8-30(9-11-31)18-20-3-2-16-35-20/h4-7,17,20H,2-3,8-16,18H2,1H3,(H,27,34). The minimum atomic E-state index is -0.129. The van der Waals surface area contributed by atoms with Crippen LogP contribution in [-0.4, -0.2) is 97.6 Å². The number of nitrogens with zero attached hydrogens (tertiary/aromatic N) is 6. The maximum Gasteiger partial charge on any atom is 0.322 e. The van der Waals surface area contributed by atoms with Crippen LogP contribution in [0.25, 0.3) is 0 Å². The topological polar surface area (TPSA) is 77.1 Å². The fourth-order valence-corrected chi connectivity index (χ4v) is 5.23. The molecule has 3 aliphatic heterocycles. The van der Waals surface area contributed by atoms with E-state index < -0.39 is 0 Å². The minimum absolute atomic E-state index is 0.129. The molecule has 0 saturated carbocycles. The summed E-state index contributed by atoms with van der Waals surface area (Å²) in [7, 11) is 0. The third kappa shape index (κ3) is 5.97. The van der Waals surface area contributed by atoms with Crippen LogP contribution in [0.1, 0.15) is 18.4 Å². The van der Waals surface area contributed by atoms with Crippen LogP contribution >= 0.6 is 11.6 Å². The summed E-state index contributed by atoms with van der Waals surface area (Å²) >= 11 is 6.26. The lowest BCUT2D eigenvalue weighted by atomic mass is 10.2. The molecule has 0 bridgehead atoms. The van der Waals surface area contributed by atoms with E-state index in [1.165, 1.54) is 12.8 Å². The van der Waals surface area contributed by atoms with Crippen molar-refractivity contribution in [3.05, 3.63) is 40.9 Å². The van der Waals surface area contributed by atoms with Crippen LogP contribution in [0.2, 0.25) is 5.02 Å². The number of benzene rings is 1. The van der Waals surface area contributed by atoms with Crippen LogP contribution in [0.4, 0.5) is 22.1 Å². The number of rotatable bonds is 5. The van der Waals surface area contributed by atoms with Gasteiger partial charge in [-0.2, -0.15) is 0 Å². The van der Waals surface area contributed by atoms with Gasteiger partial charge >= 0.3 is 6.03 Å². The van der Waals surface area contributed by atoms with E-state index in [9.17, 15) is 4.79 Å². The van der Waals surface area contributed by atoms with Crippen molar-refractivity contribution in [2.75, 3.05) is 80.6 Å². The number of aryl methyl sites for hydroxylation is 1. The Morgan fingerprint density at radius 1 is 1.00 bits per heavy atom. The van der Waals surface area contributed by atoms with Gasteiger partial charge in [0.15, 0.2) is 11.6 Å². The van der Waals surface area contributed by atoms with Crippen LogP contribution in [0.3, 0.4) is 0 Å². The molecular weight excluding hydrogens is 466 g/mol. The third-order valence-electron chi connectivity index (χ3n) is 7.08. The maximum atomic E-state index is 12.7. The molecule has 5 rings (SSSR count). The molecule has 10 heteroatoms. The van der Waals surface area contributed by atoms with Crippen LogP contribution < -0.4 is 15.1 Å². The summed E-state index contributed by atoms with van der Waals surface area (Å²) < 4.78 is 5.78. The molecule has 1 N–H and O–H groups in total. The molecular formula is C25H34ClN7O2. The van der Waals surface area contributed by atoms with Crippen LogP contribution in [-0.2, 0) is 4.74 Å². The van der Waals surface area contributed by atoms with Crippen LogP contribution in [0.15, 0.2) is 30.3 Å². The van der Waals surface area contributed by atoms with Crippen molar-refractivity contribution in [3.8, 4) is 0 Å². The zero-order chi connectivity index (χ0) is 24.2. The molecule has 0 aliphatic carbocycles. The van der Waals surface area contributed by atoms with E-state index in [-0.39, 0.29) is 6.03 Å². The SMILES string of the molecule is Cc1ccc(NC(=O)N2CCN(c3ccc(N4CCN(CC5CCCO5)CC4)nn3)CC2)c(Cl)c1. The van der Waals surface area contributed by atoms with Gasteiger partial charge in [0, 0.05) is 65.5 Å². The Hall–Kier alpha value is -2.62. The molecule has 0 radical (unpaired) electrons. The van der Waals surface area contributed by atoms with E-state index in [2.05, 4.69) is 36.3 Å². The number of carbonyl (C=O) groups excluding carboxylic acids is 1. The van der Waals surface area contributed by atoms with Crippen molar-refractivity contribution < 1.29 is 9.53 Å². The number of hydrogen-bond acceptors (Lipinski definition) is 7. The second-order valence-corrected chi connectivity index (χ2v) is 9.97. The van der Waals surface area contributed by atoms with Crippen LogP contribution in [0, 0.1) is 6.92 Å². The second-order valence-electron chi connectivity index (χ2n) is 9.56. The average molecular weight is 500 g/mol. The molecule has 2 amide bonds. The van der Waals surface area contributed by atoms with Crippen molar-refractivity contribution in [1.29, 1.82) is 0 Å². The van der Waals surface area contributed by atoms with Crippen molar-refractivity contribution in [2.24, 2.45) is 0 Å². The highest BCUT2D eigenvalue weighted by atomic mass is 35.5. The van der Waals surface area contributed by atoms with Crippen molar-refractivity contribution in [3.63, 3.8) is 0 Å². The Labute approximate surface area is 212 Å². The average Bonchev–Trinajstić information content (AvgIpc) is 3.39. The third-order valence-corrected chi connectivity index (χ3v) is 7.39. The molecule has 35 heavy (non-hydrogen) atoms. The van der Waals surface area contributed by atoms with Gasteiger partial charge in [-0.25, -0.2) is 4.79 Å². The number of halogens is 1. The molecule has 188 valence electrons. The Kier molecular flexibility index (Phi) is 7.55. The number of hydrogen-bond donors (Lipinski definition) is 1. The van der Waals surface area contributed by atoms with Gasteiger partial charge in [-0.1, -0.05) is 17.7 Å². The number of carbonyl (C=O) groups is 1. The van der Waals surface area contributed by atoms with E-state index >= 15 is 0 Å². The number of nitrogens with one attached hydrogen (secondary N) is 1. The van der Waals surface area contributed by atoms with Gasteiger partial charge in [0.25, 0.3) is 0 Å². The molecule has 1 aromatic carbocycles. The van der Waals surface area contributed by atoms with E-state index in [0.29, 0.717) is 43.0 Å². The summed E-state index contributed by atoms with van der Waals surface area (Å²) in [4.78, 5) is 21.5. The van der Waals surface area contributed by atoms with Gasteiger partial charge in [0.2, 0.25) is 0 Å². The quantitative estimate of drug-likeness (QED) is 0.677. The Morgan fingerprint density at radius 3 is 2.23 bits per heavy atom. The van der Waals surface area contributed by atoms with E-state index in [1.807, 2.05) is 36.1 Å². The fraction of sp³-hybridized carbons (Fsp3) is 0.560. The summed E-state index contributed by atoms with van der Waals surface area (Å²) in [5, 5.41) is 12.5. The summed E-state index contributed by atoms with van der Waals surface area (Å²) in [6.45, 7) is 10.6. The number of piperazine rings is 2. The molecule has 1 unspecified atom stereocenters. The molecule has 9 nitrogen and oxygen atoms in total. The monoisotopic (exact) mass is 499 g/mol. The lowest BCUT2D eigenvalue weighted by Crippen LogP contribution is -2.50. The van der Waals surface area contributed by atoms with Crippen molar-refractivity contribution in [1.82, 2.24) is 20.0 Å². The first kappa shape index (κ1) is 24.1. The summed E-state index contributed by atoms with van der Waals surface area (Å²) in [6, 6.07) is 9.61. The highest BCUT2D eigenvalue weighted by Crippen LogP contribution is 2.24. The Balaban J connectivity index is 1.08. The predicted molar refractivity (Wildman–Crippen MR) is 139 cm³/mol. The number of aromatic nitrogens is 2. The van der Waals surface area contributed by atoms with Crippen LogP contribution in [0.5, 0.6) is 0 Å². The van der Waals surface area contributed by atoms with Gasteiger partial charge in [-0.3, -0.25) is 4.90 Å². The first-order valence-electron chi connectivity index (χ1n) is 12.5. The number of ether oxygens (including phenoxy) is 1. The van der Waals surface area contributed by atoms with E-state index in [4.69, 9.17) is 16.3 Å².